The Bertz CT molecular complexity index is 390. The summed E-state index contributed by atoms with van der Waals surface area (Å²) >= 11 is 0. The van der Waals surface area contributed by atoms with E-state index < -0.39 is 6.29 Å². The zero-order chi connectivity index (χ0) is 13.5. The molecule has 1 rings (SSSR count). The van der Waals surface area contributed by atoms with Crippen LogP contribution in [0.4, 0.5) is 5.69 Å². The van der Waals surface area contributed by atoms with Gasteiger partial charge in [0.1, 0.15) is 0 Å². The van der Waals surface area contributed by atoms with Crippen molar-refractivity contribution in [2.45, 2.75) is 6.29 Å². The molecule has 0 aliphatic carbocycles. The number of amides is 1. The van der Waals surface area contributed by atoms with E-state index >= 15 is 0 Å². The zero-order valence-corrected chi connectivity index (χ0v) is 11.3. The van der Waals surface area contributed by atoms with Crippen LogP contribution in [0.1, 0.15) is 10.4 Å². The van der Waals surface area contributed by atoms with Gasteiger partial charge >= 0.3 is 0 Å². The molecule has 1 N–H and O–H groups in total. The molecule has 0 spiro atoms. The zero-order valence-electron chi connectivity index (χ0n) is 11.3. The average molecular weight is 252 g/mol. The van der Waals surface area contributed by atoms with Crippen LogP contribution < -0.4 is 10.2 Å². The van der Waals surface area contributed by atoms with Gasteiger partial charge in [0, 0.05) is 39.6 Å². The standard InChI is InChI=1S/C13H20N2O3/c1-15(2)11-7-5-6-10(8-11)13(16)14-9-12(17-3)18-4/h5-8,12H,9H2,1-4H3,(H,14,16). The Morgan fingerprint density at radius 3 is 2.56 bits per heavy atom. The number of carbonyl (C=O) groups is 1. The van der Waals surface area contributed by atoms with E-state index in [1.54, 1.807) is 6.07 Å². The van der Waals surface area contributed by atoms with Crippen molar-refractivity contribution >= 4 is 11.6 Å². The minimum Gasteiger partial charge on any atom is -0.378 e. The van der Waals surface area contributed by atoms with Crippen molar-refractivity contribution in [3.8, 4) is 0 Å². The number of benzene rings is 1. The van der Waals surface area contributed by atoms with E-state index in [9.17, 15) is 4.79 Å². The minimum atomic E-state index is -0.425. The van der Waals surface area contributed by atoms with Crippen LogP contribution in [0.2, 0.25) is 0 Å². The third kappa shape index (κ3) is 4.01. The SMILES string of the molecule is COC(CNC(=O)c1cccc(N(C)C)c1)OC. The van der Waals surface area contributed by atoms with E-state index in [1.165, 1.54) is 14.2 Å². The Balaban J connectivity index is 2.64. The van der Waals surface area contributed by atoms with Gasteiger partial charge in [0.2, 0.25) is 0 Å². The van der Waals surface area contributed by atoms with Crippen LogP contribution in [-0.2, 0) is 9.47 Å². The summed E-state index contributed by atoms with van der Waals surface area (Å²) in [5, 5.41) is 2.76. The molecule has 0 radical (unpaired) electrons. The highest BCUT2D eigenvalue weighted by Gasteiger charge is 2.10. The second-order valence-corrected chi connectivity index (χ2v) is 4.06. The van der Waals surface area contributed by atoms with Crippen molar-refractivity contribution in [1.82, 2.24) is 5.32 Å². The highest BCUT2D eigenvalue weighted by molar-refractivity contribution is 5.95. The van der Waals surface area contributed by atoms with E-state index in [2.05, 4.69) is 5.32 Å². The molecule has 0 saturated carbocycles. The number of rotatable bonds is 6. The normalized spacial score (nSPS) is 10.5. The highest BCUT2D eigenvalue weighted by atomic mass is 16.7. The average Bonchev–Trinajstić information content (AvgIpc) is 2.39. The van der Waals surface area contributed by atoms with Crippen LogP contribution in [-0.4, -0.2) is 47.1 Å². The number of hydrogen-bond donors (Lipinski definition) is 1. The van der Waals surface area contributed by atoms with E-state index in [4.69, 9.17) is 9.47 Å². The summed E-state index contributed by atoms with van der Waals surface area (Å²) in [6.07, 6.45) is -0.425. The summed E-state index contributed by atoms with van der Waals surface area (Å²) in [7, 11) is 6.94. The number of nitrogens with one attached hydrogen (secondary N) is 1. The van der Waals surface area contributed by atoms with Gasteiger partial charge in [-0.25, -0.2) is 0 Å². The molecule has 0 aliphatic heterocycles. The number of ether oxygens (including phenoxy) is 2. The lowest BCUT2D eigenvalue weighted by Crippen LogP contribution is -2.34. The summed E-state index contributed by atoms with van der Waals surface area (Å²) < 4.78 is 10.0. The molecule has 0 bridgehead atoms. The van der Waals surface area contributed by atoms with Crippen molar-refractivity contribution < 1.29 is 14.3 Å². The monoisotopic (exact) mass is 252 g/mol. The Hall–Kier alpha value is -1.59. The molecule has 0 fully saturated rings. The lowest BCUT2D eigenvalue weighted by Gasteiger charge is -2.15. The van der Waals surface area contributed by atoms with Crippen molar-refractivity contribution in [1.29, 1.82) is 0 Å². The maximum absolute atomic E-state index is 11.9. The van der Waals surface area contributed by atoms with E-state index in [-0.39, 0.29) is 5.91 Å². The number of nitrogens with zero attached hydrogens (tertiary/aromatic N) is 1. The molecule has 1 aromatic rings. The van der Waals surface area contributed by atoms with Crippen molar-refractivity contribution in [2.24, 2.45) is 0 Å². The molecule has 5 heteroatoms. The van der Waals surface area contributed by atoms with Crippen molar-refractivity contribution in [3.05, 3.63) is 29.8 Å². The molecule has 0 saturated heterocycles. The van der Waals surface area contributed by atoms with Crippen LogP contribution >= 0.6 is 0 Å². The third-order valence-corrected chi connectivity index (χ3v) is 2.58. The molecule has 18 heavy (non-hydrogen) atoms. The summed E-state index contributed by atoms with van der Waals surface area (Å²) in [5.41, 5.74) is 1.60. The molecule has 100 valence electrons. The smallest absolute Gasteiger partial charge is 0.251 e. The topological polar surface area (TPSA) is 50.8 Å². The molecular weight excluding hydrogens is 232 g/mol. The first-order valence-electron chi connectivity index (χ1n) is 5.69. The number of anilines is 1. The van der Waals surface area contributed by atoms with Crippen molar-refractivity contribution in [3.63, 3.8) is 0 Å². The van der Waals surface area contributed by atoms with Gasteiger partial charge in [-0.3, -0.25) is 4.79 Å². The van der Waals surface area contributed by atoms with Gasteiger partial charge in [-0.05, 0) is 18.2 Å². The molecule has 0 atom stereocenters. The maximum atomic E-state index is 11.9. The largest absolute Gasteiger partial charge is 0.378 e. The number of hydrogen-bond acceptors (Lipinski definition) is 4. The molecule has 0 unspecified atom stereocenters. The highest BCUT2D eigenvalue weighted by Crippen LogP contribution is 2.13. The molecule has 0 aromatic heterocycles. The third-order valence-electron chi connectivity index (χ3n) is 2.58. The Kier molecular flexibility index (Phi) is 5.61. The van der Waals surface area contributed by atoms with Gasteiger partial charge < -0.3 is 19.7 Å². The quantitative estimate of drug-likeness (QED) is 0.770. The second-order valence-electron chi connectivity index (χ2n) is 4.06. The van der Waals surface area contributed by atoms with Gasteiger partial charge in [-0.15, -0.1) is 0 Å². The summed E-state index contributed by atoms with van der Waals surface area (Å²) in [4.78, 5) is 13.9. The molecule has 0 heterocycles. The predicted octanol–water partition coefficient (Wildman–Crippen LogP) is 1.10. The van der Waals surface area contributed by atoms with E-state index in [0.29, 0.717) is 12.1 Å². The lowest BCUT2D eigenvalue weighted by molar-refractivity contribution is -0.0974. The molecule has 0 aliphatic rings. The molecular formula is C13H20N2O3. The Morgan fingerprint density at radius 1 is 1.33 bits per heavy atom. The maximum Gasteiger partial charge on any atom is 0.251 e. The lowest BCUT2D eigenvalue weighted by atomic mass is 10.2. The summed E-state index contributed by atoms with van der Waals surface area (Å²) in [6.45, 7) is 0.317. The van der Waals surface area contributed by atoms with E-state index in [0.717, 1.165) is 5.69 Å². The second kappa shape index (κ2) is 6.98. The van der Waals surface area contributed by atoms with Crippen LogP contribution in [0, 0.1) is 0 Å². The van der Waals surface area contributed by atoms with Crippen molar-refractivity contribution in [2.75, 3.05) is 39.8 Å². The van der Waals surface area contributed by atoms with E-state index in [1.807, 2.05) is 37.2 Å². The summed E-state index contributed by atoms with van der Waals surface area (Å²) in [5.74, 6) is -0.141. The summed E-state index contributed by atoms with van der Waals surface area (Å²) in [6, 6.07) is 7.42. The predicted molar refractivity (Wildman–Crippen MR) is 70.9 cm³/mol. The molecule has 1 aromatic carbocycles. The van der Waals surface area contributed by atoms with Crippen LogP contribution in [0.15, 0.2) is 24.3 Å². The molecule has 1 amide bonds. The Morgan fingerprint density at radius 2 is 2.00 bits per heavy atom. The van der Waals surface area contributed by atoms with Gasteiger partial charge in [0.05, 0.1) is 6.54 Å². The molecule has 5 nitrogen and oxygen atoms in total. The Labute approximate surface area is 108 Å². The fourth-order valence-electron chi connectivity index (χ4n) is 1.47. The fourth-order valence-corrected chi connectivity index (χ4v) is 1.47. The van der Waals surface area contributed by atoms with Gasteiger partial charge in [-0.2, -0.15) is 0 Å². The minimum absolute atomic E-state index is 0.141. The van der Waals surface area contributed by atoms with Gasteiger partial charge in [-0.1, -0.05) is 6.07 Å². The van der Waals surface area contributed by atoms with Crippen LogP contribution in [0.25, 0.3) is 0 Å². The fraction of sp³-hybridized carbons (Fsp3) is 0.462. The van der Waals surface area contributed by atoms with Gasteiger partial charge in [0.15, 0.2) is 6.29 Å². The number of methoxy groups -OCH3 is 2. The first-order chi connectivity index (χ1) is 8.58. The van der Waals surface area contributed by atoms with Gasteiger partial charge in [0.25, 0.3) is 5.91 Å². The van der Waals surface area contributed by atoms with Crippen LogP contribution in [0.5, 0.6) is 0 Å². The first kappa shape index (κ1) is 14.5. The number of carbonyl (C=O) groups excluding carboxylic acids is 1. The first-order valence-corrected chi connectivity index (χ1v) is 5.69. The van der Waals surface area contributed by atoms with Crippen LogP contribution in [0.3, 0.4) is 0 Å².